The van der Waals surface area contributed by atoms with Crippen molar-refractivity contribution in [3.8, 4) is 0 Å². The van der Waals surface area contributed by atoms with Crippen LogP contribution >= 0.6 is 12.6 Å². The molecule has 0 bridgehead atoms. The lowest BCUT2D eigenvalue weighted by atomic mass is 10.1. The van der Waals surface area contributed by atoms with Crippen LogP contribution in [0, 0.1) is 0 Å². The van der Waals surface area contributed by atoms with E-state index in [2.05, 4.69) is 31.7 Å². The number of ether oxygens (including phenoxy) is 1. The molecule has 154 valence electrons. The van der Waals surface area contributed by atoms with Crippen LogP contribution in [0.5, 0.6) is 0 Å². The zero-order valence-corrected chi connectivity index (χ0v) is 18.2. The number of carbonyl (C=O) groups is 1. The van der Waals surface area contributed by atoms with Gasteiger partial charge >= 0.3 is 5.97 Å². The van der Waals surface area contributed by atoms with Crippen LogP contribution in [0.4, 0.5) is 0 Å². The number of rotatable bonds is 20. The Morgan fingerprint density at radius 1 is 0.731 bits per heavy atom. The lowest BCUT2D eigenvalue weighted by molar-refractivity contribution is -0.143. The quantitative estimate of drug-likeness (QED) is 0.101. The van der Waals surface area contributed by atoms with Crippen molar-refractivity contribution < 1.29 is 9.53 Å². The first-order valence-corrected chi connectivity index (χ1v) is 11.9. The molecule has 0 spiro atoms. The molecule has 26 heavy (non-hydrogen) atoms. The number of carbonyl (C=O) groups excluding carboxylic acids is 1. The molecule has 0 fully saturated rings. The molecular weight excluding hydrogens is 340 g/mol. The predicted molar refractivity (Wildman–Crippen MR) is 118 cm³/mol. The molecule has 3 heteroatoms. The van der Waals surface area contributed by atoms with E-state index >= 15 is 0 Å². The molecule has 0 amide bonds. The molecule has 0 aliphatic carbocycles. The highest BCUT2D eigenvalue weighted by Gasteiger charge is 2.01. The highest BCUT2D eigenvalue weighted by molar-refractivity contribution is 7.80. The molecule has 0 radical (unpaired) electrons. The summed E-state index contributed by atoms with van der Waals surface area (Å²) in [5.74, 6) is 0.542. The van der Waals surface area contributed by atoms with Gasteiger partial charge in [-0.1, -0.05) is 89.7 Å². The number of esters is 1. The molecular formula is C23H44O2S. The van der Waals surface area contributed by atoms with Crippen LogP contribution in [0.1, 0.15) is 116 Å². The second-order valence-corrected chi connectivity index (χ2v) is 7.79. The summed E-state index contributed by atoms with van der Waals surface area (Å²) in [7, 11) is 0. The number of hydrogen-bond donors (Lipinski definition) is 1. The maximum Gasteiger partial charge on any atom is 0.305 e. The van der Waals surface area contributed by atoms with E-state index in [1.165, 1.54) is 89.9 Å². The maximum atomic E-state index is 11.3. The summed E-state index contributed by atoms with van der Waals surface area (Å²) in [5, 5.41) is 0. The molecule has 0 saturated carbocycles. The van der Waals surface area contributed by atoms with Crippen LogP contribution < -0.4 is 0 Å². The van der Waals surface area contributed by atoms with Gasteiger partial charge in [0.15, 0.2) is 0 Å². The number of thiol groups is 1. The Labute approximate surface area is 169 Å². The van der Waals surface area contributed by atoms with E-state index in [0.29, 0.717) is 18.8 Å². The molecule has 0 saturated heterocycles. The van der Waals surface area contributed by atoms with Gasteiger partial charge in [0.1, 0.15) is 6.61 Å². The van der Waals surface area contributed by atoms with Gasteiger partial charge in [0.2, 0.25) is 0 Å². The van der Waals surface area contributed by atoms with Gasteiger partial charge in [0, 0.05) is 12.2 Å². The molecule has 0 aromatic heterocycles. The Bertz CT molecular complexity index is 315. The minimum atomic E-state index is -0.0688. The van der Waals surface area contributed by atoms with Crippen LogP contribution in [0.15, 0.2) is 12.2 Å². The third-order valence-electron chi connectivity index (χ3n) is 4.75. The Kier molecular flexibility index (Phi) is 22.2. The molecule has 0 unspecified atom stereocenters. The zero-order valence-electron chi connectivity index (χ0n) is 17.4. The highest BCUT2D eigenvalue weighted by Crippen LogP contribution is 2.11. The van der Waals surface area contributed by atoms with Crippen LogP contribution in [-0.2, 0) is 9.53 Å². The van der Waals surface area contributed by atoms with Crippen molar-refractivity contribution in [1.82, 2.24) is 0 Å². The van der Waals surface area contributed by atoms with E-state index in [1.807, 2.05) is 0 Å². The third-order valence-corrected chi connectivity index (χ3v) is 4.93. The Hall–Kier alpha value is -0.440. The summed E-state index contributed by atoms with van der Waals surface area (Å²) < 4.78 is 5.00. The van der Waals surface area contributed by atoms with Crippen molar-refractivity contribution in [3.63, 3.8) is 0 Å². The lowest BCUT2D eigenvalue weighted by Gasteiger charge is -2.03. The highest BCUT2D eigenvalue weighted by atomic mass is 32.1. The second-order valence-electron chi connectivity index (χ2n) is 7.34. The topological polar surface area (TPSA) is 26.3 Å². The van der Waals surface area contributed by atoms with E-state index in [-0.39, 0.29) is 5.97 Å². The first-order valence-electron chi connectivity index (χ1n) is 11.2. The van der Waals surface area contributed by atoms with Crippen LogP contribution in [-0.4, -0.2) is 18.3 Å². The average Bonchev–Trinajstić information content (AvgIpc) is 2.65. The number of hydrogen-bond acceptors (Lipinski definition) is 3. The van der Waals surface area contributed by atoms with Gasteiger partial charge in [-0.05, 0) is 32.1 Å². The first-order chi connectivity index (χ1) is 12.8. The zero-order chi connectivity index (χ0) is 19.1. The second kappa shape index (κ2) is 22.6. The van der Waals surface area contributed by atoms with Gasteiger partial charge in [-0.25, -0.2) is 0 Å². The Morgan fingerprint density at radius 2 is 1.19 bits per heavy atom. The number of unbranched alkanes of at least 4 members (excludes halogenated alkanes) is 14. The molecule has 0 aromatic rings. The van der Waals surface area contributed by atoms with Crippen LogP contribution in [0.25, 0.3) is 0 Å². The van der Waals surface area contributed by atoms with Gasteiger partial charge in [-0.3, -0.25) is 4.79 Å². The molecule has 0 aliphatic heterocycles. The van der Waals surface area contributed by atoms with Gasteiger partial charge in [0.25, 0.3) is 0 Å². The van der Waals surface area contributed by atoms with Gasteiger partial charge in [0.05, 0.1) is 0 Å². The summed E-state index contributed by atoms with van der Waals surface area (Å²) in [5.41, 5.74) is 0. The summed E-state index contributed by atoms with van der Waals surface area (Å²) >= 11 is 4.02. The predicted octanol–water partition coefficient (Wildman–Crippen LogP) is 7.67. The molecule has 0 rings (SSSR count). The molecule has 0 heterocycles. The third kappa shape index (κ3) is 21.6. The van der Waals surface area contributed by atoms with Gasteiger partial charge in [-0.15, -0.1) is 0 Å². The monoisotopic (exact) mass is 384 g/mol. The summed E-state index contributed by atoms with van der Waals surface area (Å²) in [6.07, 6.45) is 26.3. The molecule has 0 N–H and O–H groups in total. The van der Waals surface area contributed by atoms with Crippen molar-refractivity contribution in [2.75, 3.05) is 12.4 Å². The van der Waals surface area contributed by atoms with E-state index in [9.17, 15) is 4.79 Å². The van der Waals surface area contributed by atoms with Gasteiger partial charge < -0.3 is 4.74 Å². The molecule has 0 aromatic carbocycles. The summed E-state index contributed by atoms with van der Waals surface area (Å²) in [4.78, 5) is 11.3. The average molecular weight is 385 g/mol. The minimum absolute atomic E-state index is 0.0688. The van der Waals surface area contributed by atoms with Crippen molar-refractivity contribution in [2.45, 2.75) is 116 Å². The van der Waals surface area contributed by atoms with Gasteiger partial charge in [-0.2, -0.15) is 12.6 Å². The van der Waals surface area contributed by atoms with Crippen LogP contribution in [0.2, 0.25) is 0 Å². The fourth-order valence-corrected chi connectivity index (χ4v) is 3.19. The fourth-order valence-electron chi connectivity index (χ4n) is 3.10. The van der Waals surface area contributed by atoms with E-state index in [1.54, 1.807) is 0 Å². The minimum Gasteiger partial charge on any atom is -0.465 e. The smallest absolute Gasteiger partial charge is 0.305 e. The van der Waals surface area contributed by atoms with Crippen molar-refractivity contribution in [3.05, 3.63) is 12.2 Å². The maximum absolute atomic E-state index is 11.3. The lowest BCUT2D eigenvalue weighted by Crippen LogP contribution is -2.06. The van der Waals surface area contributed by atoms with Crippen molar-refractivity contribution in [2.24, 2.45) is 0 Å². The molecule has 0 aliphatic rings. The molecule has 2 nitrogen and oxygen atoms in total. The van der Waals surface area contributed by atoms with Crippen LogP contribution in [0.3, 0.4) is 0 Å². The largest absolute Gasteiger partial charge is 0.465 e. The normalized spacial score (nSPS) is 11.3. The van der Waals surface area contributed by atoms with Crippen molar-refractivity contribution >= 4 is 18.6 Å². The first kappa shape index (κ1) is 25.6. The standard InChI is InChI=1S/C23H44O2S/c1-2-3-4-5-6-7-8-9-10-11-12-13-14-15-16-17-18-19-20-23(24)25-21-22-26/h11-12,26H,2-10,13-22H2,1H3/b12-11+. The van der Waals surface area contributed by atoms with Crippen molar-refractivity contribution in [1.29, 1.82) is 0 Å². The molecule has 0 atom stereocenters. The SMILES string of the molecule is CCCCCCCCCC/C=C/CCCCCCCCC(=O)OCCS. The summed E-state index contributed by atoms with van der Waals surface area (Å²) in [6, 6.07) is 0. The number of allylic oxidation sites excluding steroid dienone is 2. The fraction of sp³-hybridized carbons (Fsp3) is 0.870. The van der Waals surface area contributed by atoms with E-state index in [4.69, 9.17) is 4.74 Å². The van der Waals surface area contributed by atoms with E-state index < -0.39 is 0 Å². The summed E-state index contributed by atoms with van der Waals surface area (Å²) in [6.45, 7) is 2.72. The van der Waals surface area contributed by atoms with E-state index in [0.717, 1.165) is 12.8 Å². The Morgan fingerprint density at radius 3 is 1.69 bits per heavy atom. The Balaban J connectivity index is 3.14.